The van der Waals surface area contributed by atoms with Crippen molar-refractivity contribution in [2.24, 2.45) is 0 Å². The molecule has 4 nitrogen and oxygen atoms in total. The highest BCUT2D eigenvalue weighted by Crippen LogP contribution is 2.39. The summed E-state index contributed by atoms with van der Waals surface area (Å²) in [6, 6.07) is 8.09. The van der Waals surface area contributed by atoms with E-state index in [0.717, 1.165) is 36.6 Å². The highest BCUT2D eigenvalue weighted by atomic mass is 32.1. The molecule has 0 saturated heterocycles. The zero-order valence-corrected chi connectivity index (χ0v) is 19.3. The van der Waals surface area contributed by atoms with Crippen LogP contribution in [0.5, 0.6) is 0 Å². The number of hydrogen-bond acceptors (Lipinski definition) is 5. The van der Waals surface area contributed by atoms with Crippen LogP contribution in [0.15, 0.2) is 48.1 Å². The topological polar surface area (TPSA) is 41.0 Å². The SMILES string of the molecule is CCCCCCCCN(C)c1ccc(Nc2nc(-c3cccnc3)cs2)cc1C(F)(F)F. The molecule has 0 radical (unpaired) electrons. The number of thiazole rings is 1. The molecule has 3 rings (SSSR count). The highest BCUT2D eigenvalue weighted by Gasteiger charge is 2.34. The second-order valence-electron chi connectivity index (χ2n) is 7.82. The summed E-state index contributed by atoms with van der Waals surface area (Å²) in [6.45, 7) is 2.77. The third-order valence-electron chi connectivity index (χ3n) is 5.27. The van der Waals surface area contributed by atoms with Crippen LogP contribution in [0.4, 0.5) is 29.7 Å². The lowest BCUT2D eigenvalue weighted by molar-refractivity contribution is -0.137. The van der Waals surface area contributed by atoms with Crippen molar-refractivity contribution in [3.8, 4) is 11.3 Å². The van der Waals surface area contributed by atoms with Gasteiger partial charge in [-0.1, -0.05) is 39.0 Å². The van der Waals surface area contributed by atoms with Crippen LogP contribution >= 0.6 is 11.3 Å². The average molecular weight is 463 g/mol. The summed E-state index contributed by atoms with van der Waals surface area (Å²) < 4.78 is 41.4. The first kappa shape index (κ1) is 24.0. The van der Waals surface area contributed by atoms with Crippen LogP contribution in [-0.4, -0.2) is 23.6 Å². The van der Waals surface area contributed by atoms with Gasteiger partial charge in [-0.3, -0.25) is 4.98 Å². The molecule has 1 N–H and O–H groups in total. The third-order valence-corrected chi connectivity index (χ3v) is 6.03. The summed E-state index contributed by atoms with van der Waals surface area (Å²) in [6.07, 6.45) is 5.58. The lowest BCUT2D eigenvalue weighted by Gasteiger charge is -2.24. The Bertz CT molecular complexity index is 973. The number of nitrogens with zero attached hydrogens (tertiary/aromatic N) is 3. The van der Waals surface area contributed by atoms with Crippen LogP contribution in [0.2, 0.25) is 0 Å². The molecule has 0 atom stereocenters. The van der Waals surface area contributed by atoms with E-state index in [9.17, 15) is 13.2 Å². The van der Waals surface area contributed by atoms with Crippen molar-refractivity contribution in [2.75, 3.05) is 23.8 Å². The Balaban J connectivity index is 1.69. The fourth-order valence-corrected chi connectivity index (χ4v) is 4.26. The van der Waals surface area contributed by atoms with Crippen LogP contribution in [0.25, 0.3) is 11.3 Å². The zero-order valence-electron chi connectivity index (χ0n) is 18.5. The lowest BCUT2D eigenvalue weighted by atomic mass is 10.1. The summed E-state index contributed by atoms with van der Waals surface area (Å²) >= 11 is 1.34. The predicted octanol–water partition coefficient (Wildman–Crippen LogP) is 7.76. The Morgan fingerprint density at radius 2 is 1.84 bits per heavy atom. The van der Waals surface area contributed by atoms with E-state index in [1.807, 2.05) is 17.5 Å². The second-order valence-corrected chi connectivity index (χ2v) is 8.68. The van der Waals surface area contributed by atoms with Gasteiger partial charge in [0.15, 0.2) is 5.13 Å². The summed E-state index contributed by atoms with van der Waals surface area (Å²) in [4.78, 5) is 10.2. The smallest absolute Gasteiger partial charge is 0.374 e. The molecule has 2 aromatic heterocycles. The molecule has 0 aliphatic rings. The van der Waals surface area contributed by atoms with Crippen LogP contribution in [0.1, 0.15) is 51.0 Å². The summed E-state index contributed by atoms with van der Waals surface area (Å²) in [5.74, 6) is 0. The molecule has 3 aromatic rings. The average Bonchev–Trinajstić information content (AvgIpc) is 3.24. The first-order valence-corrected chi connectivity index (χ1v) is 11.8. The van der Waals surface area contributed by atoms with E-state index in [1.54, 1.807) is 30.4 Å². The molecule has 0 unspecified atom stereocenters. The Hall–Kier alpha value is -2.61. The molecule has 172 valence electrons. The van der Waals surface area contributed by atoms with Gasteiger partial charge >= 0.3 is 6.18 Å². The van der Waals surface area contributed by atoms with Crippen LogP contribution in [0, 0.1) is 0 Å². The quantitative estimate of drug-likeness (QED) is 0.296. The van der Waals surface area contributed by atoms with Crippen molar-refractivity contribution in [2.45, 2.75) is 51.6 Å². The minimum absolute atomic E-state index is 0.201. The van der Waals surface area contributed by atoms with Crippen LogP contribution in [-0.2, 0) is 6.18 Å². The molecule has 0 saturated carbocycles. The first-order valence-electron chi connectivity index (χ1n) is 10.9. The Kier molecular flexibility index (Phi) is 8.50. The number of aromatic nitrogens is 2. The van der Waals surface area contributed by atoms with E-state index in [4.69, 9.17) is 0 Å². The molecule has 0 aliphatic carbocycles. The Morgan fingerprint density at radius 3 is 2.56 bits per heavy atom. The standard InChI is InChI=1S/C24H29F3N4S/c1-3-4-5-6-7-8-14-31(2)22-12-11-19(15-20(22)24(25,26)27)29-23-30-21(17-32-23)18-10-9-13-28-16-18/h9-13,15-17H,3-8,14H2,1-2H3,(H,29,30). The number of rotatable bonds is 11. The van der Waals surface area contributed by atoms with E-state index in [0.29, 0.717) is 17.4 Å². The zero-order chi connectivity index (χ0) is 23.0. The van der Waals surface area contributed by atoms with Gasteiger partial charge in [-0.2, -0.15) is 13.2 Å². The van der Waals surface area contributed by atoms with Crippen molar-refractivity contribution < 1.29 is 13.2 Å². The van der Waals surface area contributed by atoms with Crippen molar-refractivity contribution in [3.63, 3.8) is 0 Å². The van der Waals surface area contributed by atoms with Crippen molar-refractivity contribution in [1.29, 1.82) is 0 Å². The maximum absolute atomic E-state index is 13.8. The minimum Gasteiger partial charge on any atom is -0.374 e. The van der Waals surface area contributed by atoms with E-state index in [2.05, 4.69) is 22.2 Å². The maximum atomic E-state index is 13.8. The number of nitrogens with one attached hydrogen (secondary N) is 1. The number of alkyl halides is 3. The second kappa shape index (κ2) is 11.3. The number of benzene rings is 1. The van der Waals surface area contributed by atoms with Gasteiger partial charge in [0.2, 0.25) is 0 Å². The molecule has 1 aromatic carbocycles. The van der Waals surface area contributed by atoms with Gasteiger partial charge < -0.3 is 10.2 Å². The summed E-state index contributed by atoms with van der Waals surface area (Å²) in [5, 5.41) is 5.40. The molecule has 0 aliphatic heterocycles. The molecule has 0 spiro atoms. The van der Waals surface area contributed by atoms with Gasteiger partial charge in [-0.05, 0) is 36.8 Å². The normalized spacial score (nSPS) is 11.5. The number of unbranched alkanes of at least 4 members (excludes halogenated alkanes) is 5. The van der Waals surface area contributed by atoms with E-state index in [-0.39, 0.29) is 5.69 Å². The summed E-state index contributed by atoms with van der Waals surface area (Å²) in [7, 11) is 1.73. The van der Waals surface area contributed by atoms with Crippen molar-refractivity contribution >= 4 is 27.8 Å². The molecule has 8 heteroatoms. The Labute approximate surface area is 191 Å². The number of anilines is 3. The van der Waals surface area contributed by atoms with Crippen molar-refractivity contribution in [3.05, 3.63) is 53.7 Å². The van der Waals surface area contributed by atoms with Gasteiger partial charge in [0.25, 0.3) is 0 Å². The molecular weight excluding hydrogens is 433 g/mol. The lowest BCUT2D eigenvalue weighted by Crippen LogP contribution is -2.22. The molecule has 0 fully saturated rings. The minimum atomic E-state index is -4.44. The molecule has 0 bridgehead atoms. The fraction of sp³-hybridized carbons (Fsp3) is 0.417. The van der Waals surface area contributed by atoms with E-state index < -0.39 is 11.7 Å². The van der Waals surface area contributed by atoms with Gasteiger partial charge in [-0.15, -0.1) is 11.3 Å². The number of pyridine rings is 1. The largest absolute Gasteiger partial charge is 0.418 e. The van der Waals surface area contributed by atoms with Gasteiger partial charge in [0.05, 0.1) is 11.3 Å². The maximum Gasteiger partial charge on any atom is 0.418 e. The number of halogens is 3. The molecule has 2 heterocycles. The molecule has 32 heavy (non-hydrogen) atoms. The van der Waals surface area contributed by atoms with Gasteiger partial charge in [-0.25, -0.2) is 4.98 Å². The van der Waals surface area contributed by atoms with Gasteiger partial charge in [0.1, 0.15) is 0 Å². The van der Waals surface area contributed by atoms with E-state index >= 15 is 0 Å². The Morgan fingerprint density at radius 1 is 1.06 bits per heavy atom. The predicted molar refractivity (Wildman–Crippen MR) is 127 cm³/mol. The first-order chi connectivity index (χ1) is 15.4. The van der Waals surface area contributed by atoms with Crippen LogP contribution < -0.4 is 10.2 Å². The third kappa shape index (κ3) is 6.69. The molecule has 0 amide bonds. The van der Waals surface area contributed by atoms with Crippen molar-refractivity contribution in [1.82, 2.24) is 9.97 Å². The fourth-order valence-electron chi connectivity index (χ4n) is 3.52. The molecular formula is C24H29F3N4S. The van der Waals surface area contributed by atoms with E-state index in [1.165, 1.54) is 36.7 Å². The van der Waals surface area contributed by atoms with Gasteiger partial charge in [0, 0.05) is 48.3 Å². The van der Waals surface area contributed by atoms with Crippen LogP contribution in [0.3, 0.4) is 0 Å². The summed E-state index contributed by atoms with van der Waals surface area (Å²) in [5.41, 5.74) is 1.52. The number of hydrogen-bond donors (Lipinski definition) is 1. The monoisotopic (exact) mass is 462 g/mol. The highest BCUT2D eigenvalue weighted by molar-refractivity contribution is 7.14.